The smallest absolute Gasteiger partial charge is 0.00530 e. The Morgan fingerprint density at radius 1 is 0.875 bits per heavy atom. The summed E-state index contributed by atoms with van der Waals surface area (Å²) in [4.78, 5) is 0. The summed E-state index contributed by atoms with van der Waals surface area (Å²) in [5.74, 6) is 0.833. The Kier molecular flexibility index (Phi) is 11.1. The first-order valence-electron chi connectivity index (χ1n) is 3.10. The fourth-order valence-electron chi connectivity index (χ4n) is 0. The second-order valence-corrected chi connectivity index (χ2v) is 5.24. The molecule has 0 aliphatic carbocycles. The van der Waals surface area contributed by atoms with Crippen molar-refractivity contribution < 1.29 is 0 Å². The quantitative estimate of drug-likeness (QED) is 0.439. The summed E-state index contributed by atoms with van der Waals surface area (Å²) in [7, 11) is 0. The average molecular weight is 228 g/mol. The highest BCUT2D eigenvalue weighted by Gasteiger charge is 1.70. The molecule has 0 radical (unpaired) electrons. The number of hydrogen-bond acceptors (Lipinski definition) is 0. The Morgan fingerprint density at radius 3 is 0.875 bits per heavy atom. The van der Waals surface area contributed by atoms with Gasteiger partial charge in [-0.1, -0.05) is 57.2 Å². The molecule has 0 unspecified atom stereocenters. The maximum atomic E-state index is 2.34. The summed E-state index contributed by atoms with van der Waals surface area (Å²) in [5.41, 5.74) is 0. The molecule has 0 aliphatic heterocycles. The molecule has 0 aromatic carbocycles. The SMILES string of the molecule is CC(C)C.CC(C)I. The van der Waals surface area contributed by atoms with E-state index in [0.29, 0.717) is 0 Å². The van der Waals surface area contributed by atoms with E-state index in [4.69, 9.17) is 0 Å². The van der Waals surface area contributed by atoms with E-state index in [1.54, 1.807) is 0 Å². The van der Waals surface area contributed by atoms with E-state index in [9.17, 15) is 0 Å². The lowest BCUT2D eigenvalue weighted by Crippen LogP contribution is -1.69. The van der Waals surface area contributed by atoms with Gasteiger partial charge in [-0.25, -0.2) is 0 Å². The standard InChI is InChI=1S/C4H10.C3H7I/c1-4(2)3;1-3(2)4/h4H,1-3H3;3H,1-2H3. The van der Waals surface area contributed by atoms with Gasteiger partial charge < -0.3 is 0 Å². The van der Waals surface area contributed by atoms with Gasteiger partial charge in [-0.15, -0.1) is 0 Å². The topological polar surface area (TPSA) is 0 Å². The minimum atomic E-state index is 0.803. The van der Waals surface area contributed by atoms with Crippen LogP contribution in [-0.2, 0) is 0 Å². The van der Waals surface area contributed by atoms with Crippen molar-refractivity contribution in [3.8, 4) is 0 Å². The van der Waals surface area contributed by atoms with Gasteiger partial charge in [-0.2, -0.15) is 0 Å². The normalized spacial score (nSPS) is 9.00. The fourth-order valence-corrected chi connectivity index (χ4v) is 0. The summed E-state index contributed by atoms with van der Waals surface area (Å²) >= 11 is 2.34. The molecule has 0 aliphatic rings. The van der Waals surface area contributed by atoms with Crippen LogP contribution >= 0.6 is 22.6 Å². The molecule has 1 heteroatoms. The highest BCUT2D eigenvalue weighted by molar-refractivity contribution is 14.1. The van der Waals surface area contributed by atoms with E-state index in [2.05, 4.69) is 57.2 Å². The molecule has 0 saturated heterocycles. The lowest BCUT2D eigenvalue weighted by Gasteiger charge is -1.79. The second-order valence-electron chi connectivity index (χ2n) is 2.75. The zero-order chi connectivity index (χ0) is 7.15. The van der Waals surface area contributed by atoms with Gasteiger partial charge in [-0.3, -0.25) is 0 Å². The zero-order valence-corrected chi connectivity index (χ0v) is 8.69. The maximum Gasteiger partial charge on any atom is 0.00530 e. The second kappa shape index (κ2) is 7.73. The van der Waals surface area contributed by atoms with Gasteiger partial charge in [0.2, 0.25) is 0 Å². The molecule has 0 N–H and O–H groups in total. The molecule has 0 heterocycles. The van der Waals surface area contributed by atoms with Crippen molar-refractivity contribution in [3.05, 3.63) is 0 Å². The molecular formula is C7H17I. The molecule has 0 fully saturated rings. The van der Waals surface area contributed by atoms with E-state index in [0.717, 1.165) is 9.84 Å². The predicted molar refractivity (Wildman–Crippen MR) is 49.7 cm³/mol. The van der Waals surface area contributed by atoms with E-state index >= 15 is 0 Å². The number of alkyl halides is 1. The Labute approximate surface area is 67.2 Å². The molecule has 0 rings (SSSR count). The van der Waals surface area contributed by atoms with Crippen LogP contribution in [0.15, 0.2) is 0 Å². The van der Waals surface area contributed by atoms with Gasteiger partial charge in [0.15, 0.2) is 0 Å². The van der Waals surface area contributed by atoms with Crippen LogP contribution in [0.3, 0.4) is 0 Å². The molecule has 0 nitrogen and oxygen atoms in total. The van der Waals surface area contributed by atoms with E-state index < -0.39 is 0 Å². The fraction of sp³-hybridized carbons (Fsp3) is 1.00. The Morgan fingerprint density at radius 2 is 0.875 bits per heavy atom. The van der Waals surface area contributed by atoms with E-state index in [-0.39, 0.29) is 0 Å². The number of rotatable bonds is 0. The third kappa shape index (κ3) is 415. The molecule has 0 atom stereocenters. The van der Waals surface area contributed by atoms with Crippen LogP contribution < -0.4 is 0 Å². The van der Waals surface area contributed by atoms with Gasteiger partial charge in [-0.05, 0) is 5.92 Å². The molecule has 0 amide bonds. The number of halogens is 1. The molecule has 0 aromatic rings. The van der Waals surface area contributed by atoms with Crippen LogP contribution in [-0.4, -0.2) is 3.92 Å². The summed E-state index contributed by atoms with van der Waals surface area (Å²) in [6.45, 7) is 10.8. The lowest BCUT2D eigenvalue weighted by atomic mass is 10.3. The minimum absolute atomic E-state index is 0.803. The van der Waals surface area contributed by atoms with Crippen molar-refractivity contribution in [2.45, 2.75) is 38.5 Å². The van der Waals surface area contributed by atoms with Gasteiger partial charge >= 0.3 is 0 Å². The third-order valence-electron chi connectivity index (χ3n) is 0. The summed E-state index contributed by atoms with van der Waals surface area (Å²) in [5, 5.41) is 0. The highest BCUT2D eigenvalue weighted by Crippen LogP contribution is 1.91. The van der Waals surface area contributed by atoms with Crippen molar-refractivity contribution in [1.82, 2.24) is 0 Å². The number of hydrogen-bond donors (Lipinski definition) is 0. The monoisotopic (exact) mass is 228 g/mol. The van der Waals surface area contributed by atoms with Crippen molar-refractivity contribution in [2.24, 2.45) is 5.92 Å². The third-order valence-corrected chi connectivity index (χ3v) is 0. The van der Waals surface area contributed by atoms with Gasteiger partial charge in [0.1, 0.15) is 0 Å². The summed E-state index contributed by atoms with van der Waals surface area (Å²) in [6, 6.07) is 0. The Hall–Kier alpha value is 0.730. The van der Waals surface area contributed by atoms with Crippen LogP contribution in [0.1, 0.15) is 34.6 Å². The first kappa shape index (κ1) is 11.5. The van der Waals surface area contributed by atoms with Crippen molar-refractivity contribution in [3.63, 3.8) is 0 Å². The van der Waals surface area contributed by atoms with Crippen LogP contribution in [0.5, 0.6) is 0 Å². The Bertz CT molecular complexity index is 19.9. The molecule has 8 heavy (non-hydrogen) atoms. The van der Waals surface area contributed by atoms with Crippen molar-refractivity contribution in [1.29, 1.82) is 0 Å². The van der Waals surface area contributed by atoms with Crippen LogP contribution in [0, 0.1) is 5.92 Å². The largest absolute Gasteiger partial charge is 0.0832 e. The molecule has 52 valence electrons. The Balaban J connectivity index is 0. The lowest BCUT2D eigenvalue weighted by molar-refractivity contribution is 0.737. The van der Waals surface area contributed by atoms with E-state index in [1.165, 1.54) is 0 Å². The minimum Gasteiger partial charge on any atom is -0.0832 e. The van der Waals surface area contributed by atoms with Gasteiger partial charge in [0.25, 0.3) is 0 Å². The summed E-state index contributed by atoms with van der Waals surface area (Å²) in [6.07, 6.45) is 0. The zero-order valence-electron chi connectivity index (χ0n) is 6.53. The maximum absolute atomic E-state index is 2.34. The van der Waals surface area contributed by atoms with Crippen LogP contribution in [0.2, 0.25) is 0 Å². The molecular weight excluding hydrogens is 211 g/mol. The molecule has 0 spiro atoms. The average Bonchev–Trinajstić information content (AvgIpc) is 1.25. The van der Waals surface area contributed by atoms with Gasteiger partial charge in [0, 0.05) is 3.92 Å². The molecule has 0 aromatic heterocycles. The molecule has 0 saturated carbocycles. The summed E-state index contributed by atoms with van der Waals surface area (Å²) < 4.78 is 0.803. The first-order chi connectivity index (χ1) is 3.46. The van der Waals surface area contributed by atoms with Crippen molar-refractivity contribution >= 4 is 22.6 Å². The van der Waals surface area contributed by atoms with Crippen LogP contribution in [0.4, 0.5) is 0 Å². The van der Waals surface area contributed by atoms with Gasteiger partial charge in [0.05, 0.1) is 0 Å². The highest BCUT2D eigenvalue weighted by atomic mass is 127. The molecule has 0 bridgehead atoms. The van der Waals surface area contributed by atoms with Crippen molar-refractivity contribution in [2.75, 3.05) is 0 Å². The first-order valence-corrected chi connectivity index (χ1v) is 4.35. The predicted octanol–water partition coefficient (Wildman–Crippen LogP) is 3.49. The van der Waals surface area contributed by atoms with E-state index in [1.807, 2.05) is 0 Å². The van der Waals surface area contributed by atoms with Crippen LogP contribution in [0.25, 0.3) is 0 Å².